The Morgan fingerprint density at radius 3 is 2.25 bits per heavy atom. The summed E-state index contributed by atoms with van der Waals surface area (Å²) < 4.78 is 0. The molecule has 4 nitrogen and oxygen atoms in total. The fourth-order valence-corrected chi connectivity index (χ4v) is 2.02. The van der Waals surface area contributed by atoms with Gasteiger partial charge in [0.15, 0.2) is 0 Å². The third-order valence-corrected chi connectivity index (χ3v) is 3.04. The number of nitrogens with one attached hydrogen (secondary N) is 1. The molecular weight excluding hydrogens is 254 g/mol. The fourth-order valence-electron chi connectivity index (χ4n) is 2.02. The van der Waals surface area contributed by atoms with E-state index in [0.29, 0.717) is 13.1 Å². The van der Waals surface area contributed by atoms with Crippen molar-refractivity contribution < 1.29 is 15.0 Å². The predicted molar refractivity (Wildman–Crippen MR) is 76.4 cm³/mol. The maximum Gasteiger partial charge on any atom is 0.307 e. The first-order valence-electron chi connectivity index (χ1n) is 6.42. The van der Waals surface area contributed by atoms with Crippen LogP contribution in [-0.4, -0.2) is 16.2 Å². The Kier molecular flexibility index (Phi) is 4.74. The number of carboxylic acid groups (broad SMARTS) is 1. The molecule has 20 heavy (non-hydrogen) atoms. The highest BCUT2D eigenvalue weighted by atomic mass is 16.4. The minimum atomic E-state index is -0.823. The second-order valence-electron chi connectivity index (χ2n) is 4.61. The number of phenols is 1. The lowest BCUT2D eigenvalue weighted by molar-refractivity contribution is -0.136. The minimum Gasteiger partial charge on any atom is -0.508 e. The van der Waals surface area contributed by atoms with Crippen molar-refractivity contribution in [2.24, 2.45) is 0 Å². The van der Waals surface area contributed by atoms with Crippen LogP contribution in [0.1, 0.15) is 16.7 Å². The lowest BCUT2D eigenvalue weighted by Crippen LogP contribution is -2.15. The molecule has 0 radical (unpaired) electrons. The van der Waals surface area contributed by atoms with Gasteiger partial charge in [-0.1, -0.05) is 36.4 Å². The molecule has 0 amide bonds. The van der Waals surface area contributed by atoms with Crippen LogP contribution in [0.2, 0.25) is 0 Å². The molecule has 0 aliphatic heterocycles. The number of aromatic hydroxyl groups is 1. The molecule has 0 saturated carbocycles. The zero-order valence-corrected chi connectivity index (χ0v) is 11.0. The van der Waals surface area contributed by atoms with E-state index in [2.05, 4.69) is 5.32 Å². The summed E-state index contributed by atoms with van der Waals surface area (Å²) in [6, 6.07) is 14.5. The highest BCUT2D eigenvalue weighted by Gasteiger charge is 2.05. The molecule has 2 aromatic rings. The standard InChI is InChI=1S/C16H17NO3/c18-15-7-5-12(6-8-15)10-17-11-14-4-2-1-3-13(14)9-16(19)20/h1-8,17-18H,9-11H2,(H,19,20). The van der Waals surface area contributed by atoms with Crippen LogP contribution in [-0.2, 0) is 24.3 Å². The molecule has 0 aromatic heterocycles. The van der Waals surface area contributed by atoms with Gasteiger partial charge in [-0.25, -0.2) is 0 Å². The fraction of sp³-hybridized carbons (Fsp3) is 0.188. The number of hydrogen-bond donors (Lipinski definition) is 3. The van der Waals surface area contributed by atoms with E-state index < -0.39 is 5.97 Å². The van der Waals surface area contributed by atoms with Gasteiger partial charge in [0, 0.05) is 13.1 Å². The van der Waals surface area contributed by atoms with E-state index >= 15 is 0 Å². The molecule has 0 saturated heterocycles. The van der Waals surface area contributed by atoms with E-state index in [-0.39, 0.29) is 12.2 Å². The first-order valence-corrected chi connectivity index (χ1v) is 6.42. The molecule has 0 aliphatic carbocycles. The number of hydrogen-bond acceptors (Lipinski definition) is 3. The summed E-state index contributed by atoms with van der Waals surface area (Å²) in [5, 5.41) is 21.4. The summed E-state index contributed by atoms with van der Waals surface area (Å²) in [6.45, 7) is 1.28. The van der Waals surface area contributed by atoms with Gasteiger partial charge in [-0.2, -0.15) is 0 Å². The smallest absolute Gasteiger partial charge is 0.307 e. The van der Waals surface area contributed by atoms with Crippen molar-refractivity contribution >= 4 is 5.97 Å². The molecular formula is C16H17NO3. The van der Waals surface area contributed by atoms with Crippen LogP contribution in [0.25, 0.3) is 0 Å². The Morgan fingerprint density at radius 2 is 1.60 bits per heavy atom. The number of benzene rings is 2. The van der Waals surface area contributed by atoms with Gasteiger partial charge in [0.25, 0.3) is 0 Å². The van der Waals surface area contributed by atoms with E-state index in [0.717, 1.165) is 16.7 Å². The largest absolute Gasteiger partial charge is 0.508 e. The summed E-state index contributed by atoms with van der Waals surface area (Å²) in [4.78, 5) is 10.8. The Balaban J connectivity index is 1.93. The number of carboxylic acids is 1. The van der Waals surface area contributed by atoms with Gasteiger partial charge in [-0.15, -0.1) is 0 Å². The second kappa shape index (κ2) is 6.73. The molecule has 4 heteroatoms. The van der Waals surface area contributed by atoms with Crippen molar-refractivity contribution in [2.45, 2.75) is 19.5 Å². The van der Waals surface area contributed by atoms with Crippen LogP contribution in [0.5, 0.6) is 5.75 Å². The van der Waals surface area contributed by atoms with Crippen LogP contribution >= 0.6 is 0 Å². The molecule has 0 atom stereocenters. The van der Waals surface area contributed by atoms with E-state index in [1.807, 2.05) is 36.4 Å². The van der Waals surface area contributed by atoms with Crippen molar-refractivity contribution in [3.63, 3.8) is 0 Å². The molecule has 0 aliphatic rings. The third-order valence-electron chi connectivity index (χ3n) is 3.04. The summed E-state index contributed by atoms with van der Waals surface area (Å²) in [5.41, 5.74) is 2.89. The lowest BCUT2D eigenvalue weighted by Gasteiger charge is -2.09. The average Bonchev–Trinajstić information content (AvgIpc) is 2.42. The Morgan fingerprint density at radius 1 is 0.950 bits per heavy atom. The van der Waals surface area contributed by atoms with Crippen LogP contribution in [0.4, 0.5) is 0 Å². The molecule has 104 valence electrons. The molecule has 0 bridgehead atoms. The van der Waals surface area contributed by atoms with Gasteiger partial charge in [-0.05, 0) is 28.8 Å². The maximum atomic E-state index is 10.8. The van der Waals surface area contributed by atoms with Crippen molar-refractivity contribution in [3.05, 3.63) is 65.2 Å². The van der Waals surface area contributed by atoms with Gasteiger partial charge in [0.2, 0.25) is 0 Å². The molecule has 0 heterocycles. The number of phenolic OH excluding ortho intramolecular Hbond substituents is 1. The normalized spacial score (nSPS) is 10.4. The predicted octanol–water partition coefficient (Wildman–Crippen LogP) is 2.31. The highest BCUT2D eigenvalue weighted by molar-refractivity contribution is 5.70. The van der Waals surface area contributed by atoms with Gasteiger partial charge in [-0.3, -0.25) is 4.79 Å². The van der Waals surface area contributed by atoms with Crippen LogP contribution in [0, 0.1) is 0 Å². The van der Waals surface area contributed by atoms with E-state index in [1.165, 1.54) is 0 Å². The van der Waals surface area contributed by atoms with Crippen molar-refractivity contribution in [3.8, 4) is 5.75 Å². The van der Waals surface area contributed by atoms with Crippen LogP contribution < -0.4 is 5.32 Å². The van der Waals surface area contributed by atoms with E-state index in [1.54, 1.807) is 12.1 Å². The van der Waals surface area contributed by atoms with Gasteiger partial charge >= 0.3 is 5.97 Å². The Bertz CT molecular complexity index is 579. The summed E-state index contributed by atoms with van der Waals surface area (Å²) >= 11 is 0. The molecule has 0 spiro atoms. The monoisotopic (exact) mass is 271 g/mol. The summed E-state index contributed by atoms with van der Waals surface area (Å²) in [5.74, 6) is -0.573. The SMILES string of the molecule is O=C(O)Cc1ccccc1CNCc1ccc(O)cc1. The number of carbonyl (C=O) groups is 1. The molecule has 0 unspecified atom stereocenters. The summed E-state index contributed by atoms with van der Waals surface area (Å²) in [7, 11) is 0. The van der Waals surface area contributed by atoms with E-state index in [9.17, 15) is 9.90 Å². The van der Waals surface area contributed by atoms with Gasteiger partial charge in [0.1, 0.15) is 5.75 Å². The zero-order valence-electron chi connectivity index (χ0n) is 11.0. The quantitative estimate of drug-likeness (QED) is 0.754. The highest BCUT2D eigenvalue weighted by Crippen LogP contribution is 2.11. The van der Waals surface area contributed by atoms with Crippen molar-refractivity contribution in [1.82, 2.24) is 5.32 Å². The minimum absolute atomic E-state index is 0.0388. The topological polar surface area (TPSA) is 69.6 Å². The molecule has 2 aromatic carbocycles. The molecule has 0 fully saturated rings. The Hall–Kier alpha value is -2.33. The van der Waals surface area contributed by atoms with Gasteiger partial charge < -0.3 is 15.5 Å². The zero-order chi connectivity index (χ0) is 14.4. The van der Waals surface area contributed by atoms with Crippen LogP contribution in [0.3, 0.4) is 0 Å². The third kappa shape index (κ3) is 4.10. The first-order chi connectivity index (χ1) is 9.65. The van der Waals surface area contributed by atoms with Crippen molar-refractivity contribution in [2.75, 3.05) is 0 Å². The Labute approximate surface area is 117 Å². The lowest BCUT2D eigenvalue weighted by atomic mass is 10.0. The van der Waals surface area contributed by atoms with E-state index in [4.69, 9.17) is 5.11 Å². The second-order valence-corrected chi connectivity index (χ2v) is 4.61. The van der Waals surface area contributed by atoms with Crippen molar-refractivity contribution in [1.29, 1.82) is 0 Å². The summed E-state index contributed by atoms with van der Waals surface area (Å²) in [6.07, 6.45) is 0.0388. The first kappa shape index (κ1) is 14.1. The number of aliphatic carboxylic acids is 1. The molecule has 3 N–H and O–H groups in total. The molecule has 2 rings (SSSR count). The average molecular weight is 271 g/mol. The maximum absolute atomic E-state index is 10.8. The van der Waals surface area contributed by atoms with Gasteiger partial charge in [0.05, 0.1) is 6.42 Å². The number of rotatable bonds is 6. The van der Waals surface area contributed by atoms with Crippen LogP contribution in [0.15, 0.2) is 48.5 Å².